The van der Waals surface area contributed by atoms with Gasteiger partial charge >= 0.3 is 5.97 Å². The van der Waals surface area contributed by atoms with E-state index in [1.807, 2.05) is 0 Å². The summed E-state index contributed by atoms with van der Waals surface area (Å²) in [5, 5.41) is 53.3. The van der Waals surface area contributed by atoms with Crippen LogP contribution in [0.25, 0.3) is 0 Å². The van der Waals surface area contributed by atoms with Gasteiger partial charge < -0.3 is 58.7 Å². The highest BCUT2D eigenvalue weighted by Gasteiger charge is 2.61. The number of aliphatic hydroxyl groups excluding tert-OH is 5. The highest BCUT2D eigenvalue weighted by molar-refractivity contribution is 5.65. The second kappa shape index (κ2) is 12.7. The summed E-state index contributed by atoms with van der Waals surface area (Å²) in [6, 6.07) is 0. The van der Waals surface area contributed by atoms with Crippen molar-refractivity contribution >= 4 is 5.97 Å². The number of aliphatic hydroxyl groups is 7. The second-order valence-electron chi connectivity index (χ2n) is 12.0. The third kappa shape index (κ3) is 5.93. The van der Waals surface area contributed by atoms with Crippen molar-refractivity contribution in [2.75, 3.05) is 27.4 Å². The number of hydrogen-bond donors (Lipinski definition) is 5. The molecule has 6 N–H and O–H groups in total. The summed E-state index contributed by atoms with van der Waals surface area (Å²) in [4.78, 5) is 11.4. The van der Waals surface area contributed by atoms with Crippen LogP contribution in [0.15, 0.2) is 0 Å². The Kier molecular flexibility index (Phi) is 9.69. The lowest BCUT2D eigenvalue weighted by atomic mass is 9.65. The summed E-state index contributed by atoms with van der Waals surface area (Å²) in [6.07, 6.45) is -7.93. The lowest BCUT2D eigenvalue weighted by Gasteiger charge is -2.54. The molecule has 5 aliphatic rings. The van der Waals surface area contributed by atoms with Crippen LogP contribution < -0.4 is 0 Å². The Morgan fingerprint density at radius 3 is 2.27 bits per heavy atom. The van der Waals surface area contributed by atoms with Gasteiger partial charge in [-0.3, -0.25) is 4.79 Å². The van der Waals surface area contributed by atoms with E-state index in [0.29, 0.717) is 38.7 Å². The van der Waals surface area contributed by atoms with Crippen molar-refractivity contribution in [2.24, 2.45) is 17.8 Å². The van der Waals surface area contributed by atoms with Gasteiger partial charge in [0.15, 0.2) is 18.5 Å². The molecule has 14 atom stereocenters. The summed E-state index contributed by atoms with van der Waals surface area (Å²) >= 11 is 0. The zero-order valence-electron chi connectivity index (χ0n) is 23.2. The van der Waals surface area contributed by atoms with Crippen molar-refractivity contribution in [1.82, 2.24) is 0 Å². The summed E-state index contributed by atoms with van der Waals surface area (Å²) in [7, 11) is 3.10. The monoisotopic (exact) mass is 577 g/mol. The number of rotatable bonds is 7. The average molecular weight is 578 g/mol. The number of ether oxygens (including phenoxy) is 7. The van der Waals surface area contributed by atoms with Gasteiger partial charge in [0, 0.05) is 52.4 Å². The summed E-state index contributed by atoms with van der Waals surface area (Å²) < 4.78 is 40.0. The van der Waals surface area contributed by atoms with Gasteiger partial charge in [-0.05, 0) is 19.3 Å². The summed E-state index contributed by atoms with van der Waals surface area (Å²) in [5.74, 6) is -0.729. The number of esters is 1. The predicted molar refractivity (Wildman–Crippen MR) is 135 cm³/mol. The molecule has 0 bridgehead atoms. The Labute approximate surface area is 233 Å². The fourth-order valence-corrected chi connectivity index (χ4v) is 7.65. The van der Waals surface area contributed by atoms with Gasteiger partial charge in [0.05, 0.1) is 30.3 Å². The van der Waals surface area contributed by atoms with Crippen LogP contribution in [0.1, 0.15) is 39.0 Å². The van der Waals surface area contributed by atoms with Crippen molar-refractivity contribution in [3.63, 3.8) is 0 Å². The zero-order valence-corrected chi connectivity index (χ0v) is 23.2. The summed E-state index contributed by atoms with van der Waals surface area (Å²) in [5.41, 5.74) is 0. The van der Waals surface area contributed by atoms with Gasteiger partial charge in [-0.1, -0.05) is 0 Å². The SMILES string of the molecule is COC1CC(C2[OH+]C3CC(O)CC4OCCC(C2O[C@@H]2O[C@H](COC(C)=O)[C@@H](O)[C@H](O)[C@H]2O)C43)CC(OC)C1O. The molecular weight excluding hydrogens is 532 g/mol. The minimum atomic E-state index is -1.58. The Morgan fingerprint density at radius 2 is 1.62 bits per heavy atom. The van der Waals surface area contributed by atoms with E-state index in [4.69, 9.17) is 33.2 Å². The number of hydrogen-bond acceptors (Lipinski definition) is 12. The van der Waals surface area contributed by atoms with Crippen LogP contribution in [-0.2, 0) is 33.2 Å². The molecule has 2 saturated carbocycles. The molecule has 3 saturated heterocycles. The molecule has 3 heterocycles. The molecule has 0 aromatic carbocycles. The number of carbonyl (C=O) groups excluding carboxylic acids is 1. The smallest absolute Gasteiger partial charge is 0.302 e. The zero-order chi connectivity index (χ0) is 28.7. The van der Waals surface area contributed by atoms with Gasteiger partial charge in [0.1, 0.15) is 43.2 Å². The van der Waals surface area contributed by atoms with Crippen molar-refractivity contribution in [1.29, 1.82) is 0 Å². The molecule has 5 rings (SSSR count). The molecule has 0 radical (unpaired) electrons. The molecular formula is C27H45O13+. The van der Waals surface area contributed by atoms with E-state index in [1.165, 1.54) is 6.92 Å². The van der Waals surface area contributed by atoms with Gasteiger partial charge in [-0.15, -0.1) is 0 Å². The molecule has 2 aliphatic carbocycles. The van der Waals surface area contributed by atoms with E-state index in [9.17, 15) is 30.3 Å². The van der Waals surface area contributed by atoms with Crippen LogP contribution in [-0.4, -0.2) is 143 Å². The molecule has 0 aromatic heterocycles. The first kappa shape index (κ1) is 30.5. The third-order valence-corrected chi connectivity index (χ3v) is 9.62. The maximum Gasteiger partial charge on any atom is 0.302 e. The molecule has 13 heteroatoms. The third-order valence-electron chi connectivity index (χ3n) is 9.62. The van der Waals surface area contributed by atoms with E-state index >= 15 is 0 Å². The van der Waals surface area contributed by atoms with Gasteiger partial charge in [-0.2, -0.15) is 0 Å². The first-order valence-corrected chi connectivity index (χ1v) is 14.3. The Balaban J connectivity index is 1.44. The van der Waals surface area contributed by atoms with Gasteiger partial charge in [-0.25, -0.2) is 0 Å². The van der Waals surface area contributed by atoms with E-state index in [1.54, 1.807) is 14.2 Å². The quantitative estimate of drug-likeness (QED) is 0.166. The molecule has 40 heavy (non-hydrogen) atoms. The normalized spacial score (nSPS) is 51.1. The van der Waals surface area contributed by atoms with Crippen molar-refractivity contribution in [3.05, 3.63) is 0 Å². The highest BCUT2D eigenvalue weighted by atomic mass is 16.7. The van der Waals surface area contributed by atoms with Crippen molar-refractivity contribution < 1.29 is 63.5 Å². The fraction of sp³-hybridized carbons (Fsp3) is 0.963. The standard InChI is InChI=1S/C27H44O13/c1-11(28)37-10-19-22(31)23(32)24(33)27(39-19)40-26-14-4-5-36-15-8-13(29)9-16(20(14)15)38-25(26)12-6-17(34-2)21(30)18(7-12)35-3/h12-27,29-33H,4-10H2,1-3H3/p+1/t12?,13?,14?,15?,16?,17?,18?,19-,20?,21?,22-,23+,24-,25?,26?,27+/m1/s1. The van der Waals surface area contributed by atoms with Crippen LogP contribution in [0.4, 0.5) is 0 Å². The predicted octanol–water partition coefficient (Wildman–Crippen LogP) is -2.00. The molecule has 0 amide bonds. The Bertz CT molecular complexity index is 846. The molecule has 3 aliphatic heterocycles. The lowest BCUT2D eigenvalue weighted by Crippen LogP contribution is -2.67. The first-order chi connectivity index (χ1) is 19.1. The van der Waals surface area contributed by atoms with E-state index < -0.39 is 73.3 Å². The molecule has 5 fully saturated rings. The van der Waals surface area contributed by atoms with Crippen molar-refractivity contribution in [2.45, 2.75) is 119 Å². The van der Waals surface area contributed by atoms with Crippen LogP contribution in [0.5, 0.6) is 0 Å². The van der Waals surface area contributed by atoms with E-state index in [2.05, 4.69) is 0 Å². The Morgan fingerprint density at radius 1 is 0.925 bits per heavy atom. The van der Waals surface area contributed by atoms with Crippen LogP contribution in [0.3, 0.4) is 0 Å². The molecule has 9 unspecified atom stereocenters. The fourth-order valence-electron chi connectivity index (χ4n) is 7.65. The van der Waals surface area contributed by atoms with Crippen LogP contribution in [0, 0.1) is 17.8 Å². The van der Waals surface area contributed by atoms with E-state index in [-0.39, 0.29) is 36.6 Å². The van der Waals surface area contributed by atoms with Gasteiger partial charge in [0.25, 0.3) is 0 Å². The molecule has 13 nitrogen and oxygen atoms in total. The first-order valence-electron chi connectivity index (χ1n) is 14.3. The largest absolute Gasteiger partial charge is 0.463 e. The van der Waals surface area contributed by atoms with Crippen LogP contribution >= 0.6 is 0 Å². The molecule has 230 valence electrons. The second-order valence-corrected chi connectivity index (χ2v) is 12.0. The minimum Gasteiger partial charge on any atom is -0.463 e. The molecule has 0 spiro atoms. The molecule has 0 aromatic rings. The maximum atomic E-state index is 11.4. The van der Waals surface area contributed by atoms with Gasteiger partial charge in [0.2, 0.25) is 0 Å². The number of carbonyl (C=O) groups is 1. The average Bonchev–Trinajstić information content (AvgIpc) is 2.93. The maximum absolute atomic E-state index is 11.4. The lowest BCUT2D eigenvalue weighted by molar-refractivity contribution is -0.377. The minimum absolute atomic E-state index is 0.00267. The topological polar surface area (TPSA) is 186 Å². The highest BCUT2D eigenvalue weighted by Crippen LogP contribution is 2.49. The van der Waals surface area contributed by atoms with Crippen LogP contribution in [0.2, 0.25) is 0 Å². The van der Waals surface area contributed by atoms with Crippen molar-refractivity contribution in [3.8, 4) is 0 Å². The number of methoxy groups -OCH3 is 2. The summed E-state index contributed by atoms with van der Waals surface area (Å²) in [6.45, 7) is 1.39. The Hall–Kier alpha value is -0.970. The van der Waals surface area contributed by atoms with E-state index in [0.717, 1.165) is 0 Å².